The minimum absolute atomic E-state index is 0. The molecule has 1 aromatic rings. The number of halogens is 3. The highest BCUT2D eigenvalue weighted by Crippen LogP contribution is 2.20. The van der Waals surface area contributed by atoms with Crippen LogP contribution in [0.25, 0.3) is 0 Å². The number of nitrogens with zero attached hydrogens (tertiary/aromatic N) is 1. The molecule has 106 valence electrons. The van der Waals surface area contributed by atoms with Crippen LogP contribution in [-0.4, -0.2) is 37.5 Å². The second kappa shape index (κ2) is 6.82. The minimum Gasteiger partial charge on any atom is -0.338 e. The average Bonchev–Trinajstić information content (AvgIpc) is 2.80. The zero-order chi connectivity index (χ0) is 13.1. The first kappa shape index (κ1) is 15.9. The summed E-state index contributed by atoms with van der Waals surface area (Å²) in [5.74, 6) is -1.30. The molecule has 0 radical (unpaired) electrons. The summed E-state index contributed by atoms with van der Waals surface area (Å²) in [7, 11) is 1.86. The molecule has 1 fully saturated rings. The smallest absolute Gasteiger partial charge is 0.256 e. The van der Waals surface area contributed by atoms with Crippen molar-refractivity contribution in [3.8, 4) is 0 Å². The first-order chi connectivity index (χ1) is 8.61. The Morgan fingerprint density at radius 1 is 1.47 bits per heavy atom. The quantitative estimate of drug-likeness (QED) is 0.924. The molecule has 1 atom stereocenters. The lowest BCUT2D eigenvalue weighted by Crippen LogP contribution is -2.31. The van der Waals surface area contributed by atoms with Gasteiger partial charge in [-0.3, -0.25) is 4.79 Å². The van der Waals surface area contributed by atoms with E-state index in [9.17, 15) is 13.6 Å². The van der Waals surface area contributed by atoms with Crippen molar-refractivity contribution < 1.29 is 13.6 Å². The van der Waals surface area contributed by atoms with Gasteiger partial charge < -0.3 is 10.2 Å². The Kier molecular flexibility index (Phi) is 5.69. The van der Waals surface area contributed by atoms with Gasteiger partial charge in [-0.25, -0.2) is 8.78 Å². The Labute approximate surface area is 117 Å². The molecular formula is C13H17ClF2N2O. The van der Waals surface area contributed by atoms with E-state index >= 15 is 0 Å². The van der Waals surface area contributed by atoms with E-state index in [1.54, 1.807) is 4.90 Å². The minimum atomic E-state index is -0.668. The van der Waals surface area contributed by atoms with Gasteiger partial charge >= 0.3 is 0 Å². The van der Waals surface area contributed by atoms with Gasteiger partial charge in [0.05, 0.1) is 5.56 Å². The normalized spacial score (nSPS) is 18.3. The van der Waals surface area contributed by atoms with Crippen molar-refractivity contribution in [3.63, 3.8) is 0 Å². The van der Waals surface area contributed by atoms with Gasteiger partial charge in [-0.2, -0.15) is 0 Å². The van der Waals surface area contributed by atoms with Crippen LogP contribution in [-0.2, 0) is 0 Å². The number of amides is 1. The number of likely N-dealkylation sites (tertiary alicyclic amines) is 1. The van der Waals surface area contributed by atoms with Crippen molar-refractivity contribution in [2.24, 2.45) is 5.92 Å². The Balaban J connectivity index is 0.00000180. The summed E-state index contributed by atoms with van der Waals surface area (Å²) in [5.41, 5.74) is -0.180. The van der Waals surface area contributed by atoms with Crippen molar-refractivity contribution >= 4 is 18.3 Å². The third-order valence-corrected chi connectivity index (χ3v) is 3.22. The molecule has 0 saturated carbocycles. The molecular weight excluding hydrogens is 274 g/mol. The van der Waals surface area contributed by atoms with Crippen LogP contribution in [0.15, 0.2) is 18.2 Å². The van der Waals surface area contributed by atoms with Gasteiger partial charge in [-0.05, 0) is 44.1 Å². The maximum absolute atomic E-state index is 13.5. The first-order valence-electron chi connectivity index (χ1n) is 6.00. The maximum atomic E-state index is 13.5. The zero-order valence-electron chi connectivity index (χ0n) is 10.7. The molecule has 1 N–H and O–H groups in total. The number of nitrogens with one attached hydrogen (secondary N) is 1. The highest BCUT2D eigenvalue weighted by molar-refractivity contribution is 5.94. The lowest BCUT2D eigenvalue weighted by molar-refractivity contribution is 0.0782. The van der Waals surface area contributed by atoms with E-state index < -0.39 is 17.5 Å². The number of carbonyl (C=O) groups excluding carboxylic acids is 1. The topological polar surface area (TPSA) is 32.3 Å². The largest absolute Gasteiger partial charge is 0.338 e. The van der Waals surface area contributed by atoms with Gasteiger partial charge in [-0.15, -0.1) is 12.4 Å². The molecule has 0 aliphatic carbocycles. The van der Waals surface area contributed by atoms with Crippen molar-refractivity contribution in [1.82, 2.24) is 10.2 Å². The van der Waals surface area contributed by atoms with E-state index in [-0.39, 0.29) is 18.0 Å². The first-order valence-corrected chi connectivity index (χ1v) is 6.00. The monoisotopic (exact) mass is 290 g/mol. The van der Waals surface area contributed by atoms with E-state index in [1.807, 2.05) is 7.05 Å². The summed E-state index contributed by atoms with van der Waals surface area (Å²) in [5, 5.41) is 3.06. The van der Waals surface area contributed by atoms with E-state index in [0.29, 0.717) is 19.0 Å². The Morgan fingerprint density at radius 3 is 2.89 bits per heavy atom. The highest BCUT2D eigenvalue weighted by Gasteiger charge is 2.28. The molecule has 2 rings (SSSR count). The summed E-state index contributed by atoms with van der Waals surface area (Å²) in [6.07, 6.45) is 0.892. The molecule has 1 aliphatic rings. The van der Waals surface area contributed by atoms with Crippen LogP contribution in [0.4, 0.5) is 8.78 Å². The van der Waals surface area contributed by atoms with Crippen molar-refractivity contribution in [2.45, 2.75) is 6.42 Å². The highest BCUT2D eigenvalue weighted by atomic mass is 35.5. The van der Waals surface area contributed by atoms with Crippen LogP contribution in [0.3, 0.4) is 0 Å². The standard InChI is InChI=1S/C13H16F2N2O.ClH/c1-16-7-9-4-5-17(8-9)13(18)11-6-10(14)2-3-12(11)15;/h2-3,6,9,16H,4-5,7-8H2,1H3;1H. The fraction of sp³-hybridized carbons (Fsp3) is 0.462. The zero-order valence-corrected chi connectivity index (χ0v) is 11.5. The lowest BCUT2D eigenvalue weighted by Gasteiger charge is -2.17. The molecule has 6 heteroatoms. The van der Waals surface area contributed by atoms with Gasteiger partial charge in [0, 0.05) is 13.1 Å². The van der Waals surface area contributed by atoms with Crippen LogP contribution in [0.1, 0.15) is 16.8 Å². The van der Waals surface area contributed by atoms with Crippen LogP contribution in [0, 0.1) is 17.6 Å². The Morgan fingerprint density at radius 2 is 2.21 bits per heavy atom. The van der Waals surface area contributed by atoms with Crippen LogP contribution >= 0.6 is 12.4 Å². The third kappa shape index (κ3) is 3.64. The lowest BCUT2D eigenvalue weighted by atomic mass is 10.1. The van der Waals surface area contributed by atoms with Crippen molar-refractivity contribution in [3.05, 3.63) is 35.4 Å². The van der Waals surface area contributed by atoms with Crippen LogP contribution < -0.4 is 5.32 Å². The van der Waals surface area contributed by atoms with Crippen molar-refractivity contribution in [1.29, 1.82) is 0 Å². The van der Waals surface area contributed by atoms with Crippen LogP contribution in [0.2, 0.25) is 0 Å². The van der Waals surface area contributed by atoms with Gasteiger partial charge in [0.25, 0.3) is 5.91 Å². The third-order valence-electron chi connectivity index (χ3n) is 3.22. The SMILES string of the molecule is CNCC1CCN(C(=O)c2cc(F)ccc2F)C1.Cl. The molecule has 1 unspecified atom stereocenters. The number of hydrogen-bond donors (Lipinski definition) is 1. The fourth-order valence-electron chi connectivity index (χ4n) is 2.30. The molecule has 0 bridgehead atoms. The summed E-state index contributed by atoms with van der Waals surface area (Å²) < 4.78 is 26.5. The predicted molar refractivity (Wildman–Crippen MR) is 71.5 cm³/mol. The number of carbonyl (C=O) groups is 1. The second-order valence-electron chi connectivity index (χ2n) is 4.59. The molecule has 19 heavy (non-hydrogen) atoms. The Hall–Kier alpha value is -1.20. The summed E-state index contributed by atoms with van der Waals surface area (Å²) >= 11 is 0. The average molecular weight is 291 g/mol. The van der Waals surface area contributed by atoms with Gasteiger partial charge in [0.15, 0.2) is 0 Å². The fourth-order valence-corrected chi connectivity index (χ4v) is 2.30. The number of hydrogen-bond acceptors (Lipinski definition) is 2. The van der Waals surface area contributed by atoms with E-state index in [2.05, 4.69) is 5.32 Å². The van der Waals surface area contributed by atoms with Crippen molar-refractivity contribution in [2.75, 3.05) is 26.7 Å². The van der Waals surface area contributed by atoms with Gasteiger partial charge in [0.2, 0.25) is 0 Å². The number of benzene rings is 1. The van der Waals surface area contributed by atoms with E-state index in [1.165, 1.54) is 0 Å². The van der Waals surface area contributed by atoms with Gasteiger partial charge in [-0.1, -0.05) is 0 Å². The second-order valence-corrected chi connectivity index (χ2v) is 4.59. The molecule has 1 aliphatic heterocycles. The molecule has 3 nitrogen and oxygen atoms in total. The molecule has 1 amide bonds. The van der Waals surface area contributed by atoms with Crippen LogP contribution in [0.5, 0.6) is 0 Å². The summed E-state index contributed by atoms with van der Waals surface area (Å²) in [6.45, 7) is 2.02. The summed E-state index contributed by atoms with van der Waals surface area (Å²) in [6, 6.07) is 2.96. The molecule has 1 aromatic carbocycles. The van der Waals surface area contributed by atoms with E-state index in [0.717, 1.165) is 31.2 Å². The van der Waals surface area contributed by atoms with E-state index in [4.69, 9.17) is 0 Å². The summed E-state index contributed by atoms with van der Waals surface area (Å²) in [4.78, 5) is 13.7. The molecule has 0 aromatic heterocycles. The number of rotatable bonds is 3. The Bertz CT molecular complexity index is 456. The molecule has 0 spiro atoms. The maximum Gasteiger partial charge on any atom is 0.256 e. The molecule has 1 saturated heterocycles. The predicted octanol–water partition coefficient (Wildman–Crippen LogP) is 2.07. The molecule has 1 heterocycles. The van der Waals surface area contributed by atoms with Gasteiger partial charge in [0.1, 0.15) is 11.6 Å².